The predicted molar refractivity (Wildman–Crippen MR) is 110 cm³/mol. The van der Waals surface area contributed by atoms with E-state index in [4.69, 9.17) is 23.2 Å². The van der Waals surface area contributed by atoms with Crippen LogP contribution in [0.3, 0.4) is 0 Å². The number of rotatable bonds is 8. The monoisotopic (exact) mass is 435 g/mol. The van der Waals surface area contributed by atoms with Crippen molar-refractivity contribution in [3.05, 3.63) is 33.8 Å². The molecule has 0 unspecified atom stereocenters. The molecule has 1 heterocycles. The van der Waals surface area contributed by atoms with E-state index in [1.54, 1.807) is 18.2 Å². The topological polar surface area (TPSA) is 69.7 Å². The molecule has 1 saturated heterocycles. The van der Waals surface area contributed by atoms with Crippen molar-refractivity contribution < 1.29 is 13.2 Å². The lowest BCUT2D eigenvalue weighted by atomic mass is 9.97. The Bertz CT molecular complexity index is 748. The lowest BCUT2D eigenvalue weighted by molar-refractivity contribution is -0.126. The molecule has 0 aliphatic carbocycles. The summed E-state index contributed by atoms with van der Waals surface area (Å²) in [5.74, 6) is -0.272. The average Bonchev–Trinajstić information content (AvgIpc) is 2.61. The summed E-state index contributed by atoms with van der Waals surface area (Å²) in [7, 11) is 0.508. The van der Waals surface area contributed by atoms with Gasteiger partial charge in [-0.05, 0) is 57.6 Å². The second kappa shape index (κ2) is 10.1. The number of hydrogen-bond donors (Lipinski definition) is 1. The molecule has 1 amide bonds. The van der Waals surface area contributed by atoms with E-state index < -0.39 is 10.0 Å². The van der Waals surface area contributed by atoms with Crippen molar-refractivity contribution in [2.24, 2.45) is 5.92 Å². The summed E-state index contributed by atoms with van der Waals surface area (Å²) in [6.07, 6.45) is 1.97. The van der Waals surface area contributed by atoms with Gasteiger partial charge in [0.05, 0.1) is 5.75 Å². The van der Waals surface area contributed by atoms with Crippen LogP contribution in [0.5, 0.6) is 0 Å². The Hall–Kier alpha value is -0.860. The Labute approximate surface area is 171 Å². The van der Waals surface area contributed by atoms with Crippen LogP contribution < -0.4 is 5.32 Å². The predicted octanol–water partition coefficient (Wildman–Crippen LogP) is 2.60. The molecule has 1 aromatic carbocycles. The molecule has 0 radical (unpaired) electrons. The van der Waals surface area contributed by atoms with Crippen LogP contribution in [-0.2, 0) is 20.6 Å². The van der Waals surface area contributed by atoms with Crippen molar-refractivity contribution in [3.63, 3.8) is 0 Å². The normalized spacial score (nSPS) is 16.6. The summed E-state index contributed by atoms with van der Waals surface area (Å²) >= 11 is 12.0. The molecule has 27 heavy (non-hydrogen) atoms. The molecule has 1 N–H and O–H groups in total. The smallest absolute Gasteiger partial charge is 0.223 e. The number of carbonyl (C=O) groups excluding carboxylic acids is 1. The van der Waals surface area contributed by atoms with Gasteiger partial charge in [-0.25, -0.2) is 12.7 Å². The molecule has 1 fully saturated rings. The summed E-state index contributed by atoms with van der Waals surface area (Å²) in [5.41, 5.74) is 0.529. The van der Waals surface area contributed by atoms with Crippen LogP contribution in [0.2, 0.25) is 10.0 Å². The minimum Gasteiger partial charge on any atom is -0.356 e. The van der Waals surface area contributed by atoms with E-state index >= 15 is 0 Å². The van der Waals surface area contributed by atoms with E-state index in [1.807, 2.05) is 14.1 Å². The third-order valence-corrected chi connectivity index (χ3v) is 7.07. The highest BCUT2D eigenvalue weighted by molar-refractivity contribution is 7.88. The molecule has 6 nitrogen and oxygen atoms in total. The molecule has 9 heteroatoms. The van der Waals surface area contributed by atoms with Gasteiger partial charge in [-0.1, -0.05) is 29.3 Å². The molecule has 1 aliphatic rings. The minimum absolute atomic E-state index is 0.0200. The van der Waals surface area contributed by atoms with Crippen LogP contribution in [0.1, 0.15) is 24.8 Å². The maximum Gasteiger partial charge on any atom is 0.223 e. The lowest BCUT2D eigenvalue weighted by Crippen LogP contribution is -2.43. The Morgan fingerprint density at radius 3 is 2.52 bits per heavy atom. The second-order valence-electron chi connectivity index (χ2n) is 7.11. The average molecular weight is 436 g/mol. The van der Waals surface area contributed by atoms with Gasteiger partial charge in [0.15, 0.2) is 0 Å². The van der Waals surface area contributed by atoms with E-state index in [0.717, 1.165) is 13.0 Å². The van der Waals surface area contributed by atoms with E-state index in [0.29, 0.717) is 48.1 Å². The molecular formula is C18H27Cl2N3O3S. The number of hydrogen-bond acceptors (Lipinski definition) is 4. The van der Waals surface area contributed by atoms with Crippen molar-refractivity contribution in [1.82, 2.24) is 14.5 Å². The van der Waals surface area contributed by atoms with Gasteiger partial charge in [0.25, 0.3) is 0 Å². The van der Waals surface area contributed by atoms with E-state index in [9.17, 15) is 13.2 Å². The number of carbonyl (C=O) groups is 1. The maximum atomic E-state index is 12.7. The van der Waals surface area contributed by atoms with Gasteiger partial charge in [-0.3, -0.25) is 4.79 Å². The van der Waals surface area contributed by atoms with Crippen molar-refractivity contribution in [2.45, 2.75) is 25.0 Å². The highest BCUT2D eigenvalue weighted by Gasteiger charge is 2.31. The zero-order valence-electron chi connectivity index (χ0n) is 15.7. The molecular weight excluding hydrogens is 409 g/mol. The van der Waals surface area contributed by atoms with Crippen molar-refractivity contribution in [3.8, 4) is 0 Å². The Kier molecular flexibility index (Phi) is 8.37. The number of nitrogens with zero attached hydrogens (tertiary/aromatic N) is 2. The summed E-state index contributed by atoms with van der Waals surface area (Å²) in [4.78, 5) is 14.3. The van der Waals surface area contributed by atoms with Crippen LogP contribution in [-0.4, -0.2) is 63.8 Å². The van der Waals surface area contributed by atoms with Crippen LogP contribution in [0.15, 0.2) is 18.2 Å². The van der Waals surface area contributed by atoms with Gasteiger partial charge < -0.3 is 10.2 Å². The van der Waals surface area contributed by atoms with Crippen LogP contribution in [0, 0.1) is 5.92 Å². The first-order valence-electron chi connectivity index (χ1n) is 9.03. The van der Waals surface area contributed by atoms with Gasteiger partial charge in [0.2, 0.25) is 15.9 Å². The van der Waals surface area contributed by atoms with E-state index in [1.165, 1.54) is 4.31 Å². The summed E-state index contributed by atoms with van der Waals surface area (Å²) < 4.78 is 26.8. The largest absolute Gasteiger partial charge is 0.356 e. The van der Waals surface area contributed by atoms with Crippen molar-refractivity contribution in [2.75, 3.05) is 40.3 Å². The molecule has 152 valence electrons. The first-order chi connectivity index (χ1) is 12.7. The zero-order chi connectivity index (χ0) is 20.0. The van der Waals surface area contributed by atoms with E-state index in [2.05, 4.69) is 10.2 Å². The summed E-state index contributed by atoms with van der Waals surface area (Å²) in [5, 5.41) is 3.77. The lowest BCUT2D eigenvalue weighted by Gasteiger charge is -2.30. The maximum absolute atomic E-state index is 12.7. The van der Waals surface area contributed by atoms with Crippen molar-refractivity contribution >= 4 is 39.1 Å². The fourth-order valence-corrected chi connectivity index (χ4v) is 5.22. The van der Waals surface area contributed by atoms with Crippen LogP contribution >= 0.6 is 23.2 Å². The Balaban J connectivity index is 1.84. The minimum atomic E-state index is -3.48. The zero-order valence-corrected chi connectivity index (χ0v) is 18.1. The number of nitrogens with one attached hydrogen (secondary N) is 1. The molecule has 2 rings (SSSR count). The number of piperidine rings is 1. The van der Waals surface area contributed by atoms with Gasteiger partial charge >= 0.3 is 0 Å². The summed E-state index contributed by atoms with van der Waals surface area (Å²) in [6.45, 7) is 2.27. The third-order valence-electron chi connectivity index (χ3n) is 4.65. The number of amides is 1. The van der Waals surface area contributed by atoms with Crippen LogP contribution in [0.4, 0.5) is 0 Å². The first kappa shape index (κ1) is 22.4. The van der Waals surface area contributed by atoms with Gasteiger partial charge in [-0.15, -0.1) is 0 Å². The van der Waals surface area contributed by atoms with Crippen molar-refractivity contribution in [1.29, 1.82) is 0 Å². The summed E-state index contributed by atoms with van der Waals surface area (Å²) in [6, 6.07) is 4.81. The molecule has 0 atom stereocenters. The second-order valence-corrected chi connectivity index (χ2v) is 9.93. The van der Waals surface area contributed by atoms with Gasteiger partial charge in [-0.2, -0.15) is 0 Å². The highest BCUT2D eigenvalue weighted by Crippen LogP contribution is 2.26. The van der Waals surface area contributed by atoms with Crippen LogP contribution in [0.25, 0.3) is 0 Å². The Morgan fingerprint density at radius 1 is 1.26 bits per heavy atom. The van der Waals surface area contributed by atoms with Gasteiger partial charge in [0.1, 0.15) is 0 Å². The van der Waals surface area contributed by atoms with E-state index in [-0.39, 0.29) is 17.6 Å². The molecule has 0 aromatic heterocycles. The SMILES string of the molecule is CN(C)CCCNC(=O)C1CCN(S(=O)(=O)Cc2ccc(Cl)cc2Cl)CC1. The van der Waals surface area contributed by atoms with Gasteiger partial charge in [0, 0.05) is 35.6 Å². The third kappa shape index (κ3) is 6.91. The molecule has 0 saturated carbocycles. The molecule has 0 bridgehead atoms. The fourth-order valence-electron chi connectivity index (χ4n) is 3.07. The molecule has 1 aromatic rings. The number of halogens is 2. The molecule has 1 aliphatic heterocycles. The number of benzene rings is 1. The standard InChI is InChI=1S/C18H27Cl2N3O3S/c1-22(2)9-3-8-21-18(24)14-6-10-23(11-7-14)27(25,26)13-15-4-5-16(19)12-17(15)20/h4-5,12,14H,3,6-11,13H2,1-2H3,(H,21,24). The molecule has 0 spiro atoms. The Morgan fingerprint density at radius 2 is 1.93 bits per heavy atom. The fraction of sp³-hybridized carbons (Fsp3) is 0.611. The highest BCUT2D eigenvalue weighted by atomic mass is 35.5. The quantitative estimate of drug-likeness (QED) is 0.637. The number of sulfonamides is 1. The first-order valence-corrected chi connectivity index (χ1v) is 11.4.